The number of aliphatic hydroxyl groups is 1. The van der Waals surface area contributed by atoms with Gasteiger partial charge in [0.25, 0.3) is 0 Å². The van der Waals surface area contributed by atoms with Crippen LogP contribution in [0, 0.1) is 0 Å². The summed E-state index contributed by atoms with van der Waals surface area (Å²) < 4.78 is 0. The molecule has 0 unspecified atom stereocenters. The minimum absolute atomic E-state index is 0.000235. The molecule has 0 heterocycles. The van der Waals surface area contributed by atoms with Gasteiger partial charge in [-0.25, -0.2) is 0 Å². The number of aliphatic carboxylic acids is 1. The van der Waals surface area contributed by atoms with Crippen molar-refractivity contribution in [1.29, 1.82) is 0 Å². The van der Waals surface area contributed by atoms with Crippen molar-refractivity contribution in [2.75, 3.05) is 0 Å². The summed E-state index contributed by atoms with van der Waals surface area (Å²) in [6, 6.07) is 7.32. The fourth-order valence-electron chi connectivity index (χ4n) is 1.13. The Balaban J connectivity index is 2.75. The van der Waals surface area contributed by atoms with Gasteiger partial charge in [-0.15, -0.1) is 0 Å². The fourth-order valence-corrected chi connectivity index (χ4v) is 1.13. The molecule has 0 saturated carbocycles. The van der Waals surface area contributed by atoms with Gasteiger partial charge in [0.05, 0.1) is 13.0 Å². The van der Waals surface area contributed by atoms with E-state index in [0.717, 1.165) is 11.1 Å². The Morgan fingerprint density at radius 3 is 2.71 bits per heavy atom. The Labute approximate surface area is 82.3 Å². The van der Waals surface area contributed by atoms with Crippen LogP contribution in [-0.2, 0) is 11.4 Å². The topological polar surface area (TPSA) is 57.5 Å². The van der Waals surface area contributed by atoms with Gasteiger partial charge in [-0.3, -0.25) is 4.79 Å². The van der Waals surface area contributed by atoms with E-state index in [0.29, 0.717) is 0 Å². The van der Waals surface area contributed by atoms with Crippen molar-refractivity contribution in [2.45, 2.75) is 13.0 Å². The summed E-state index contributed by atoms with van der Waals surface area (Å²) >= 11 is 0. The highest BCUT2D eigenvalue weighted by Gasteiger charge is 1.96. The molecular weight excluding hydrogens is 180 g/mol. The van der Waals surface area contributed by atoms with Gasteiger partial charge in [0, 0.05) is 0 Å². The monoisotopic (exact) mass is 192 g/mol. The van der Waals surface area contributed by atoms with Crippen molar-refractivity contribution >= 4 is 12.0 Å². The van der Waals surface area contributed by atoms with Crippen LogP contribution in [0.2, 0.25) is 0 Å². The zero-order valence-corrected chi connectivity index (χ0v) is 7.68. The first-order chi connectivity index (χ1) is 6.74. The van der Waals surface area contributed by atoms with E-state index in [-0.39, 0.29) is 13.0 Å². The summed E-state index contributed by atoms with van der Waals surface area (Å²) in [5.74, 6) is -0.859. The third kappa shape index (κ3) is 3.03. The fraction of sp³-hybridized carbons (Fsp3) is 0.182. The third-order valence-electron chi connectivity index (χ3n) is 1.82. The van der Waals surface area contributed by atoms with E-state index in [4.69, 9.17) is 10.2 Å². The van der Waals surface area contributed by atoms with E-state index in [2.05, 4.69) is 0 Å². The molecule has 1 aromatic rings. The SMILES string of the molecule is O=C(O)C/C=C/c1ccccc1CO. The average molecular weight is 192 g/mol. The minimum Gasteiger partial charge on any atom is -0.481 e. The molecule has 2 N–H and O–H groups in total. The van der Waals surface area contributed by atoms with Gasteiger partial charge >= 0.3 is 5.97 Å². The molecule has 0 atom stereocenters. The highest BCUT2D eigenvalue weighted by atomic mass is 16.4. The van der Waals surface area contributed by atoms with Gasteiger partial charge in [-0.2, -0.15) is 0 Å². The molecule has 0 aliphatic carbocycles. The molecule has 0 amide bonds. The summed E-state index contributed by atoms with van der Waals surface area (Å²) in [4.78, 5) is 10.2. The number of carboxylic acid groups (broad SMARTS) is 1. The summed E-state index contributed by atoms with van der Waals surface area (Å²) in [5.41, 5.74) is 1.66. The van der Waals surface area contributed by atoms with E-state index >= 15 is 0 Å². The van der Waals surface area contributed by atoms with Gasteiger partial charge in [-0.1, -0.05) is 36.4 Å². The lowest BCUT2D eigenvalue weighted by atomic mass is 10.1. The van der Waals surface area contributed by atoms with Crippen molar-refractivity contribution in [3.8, 4) is 0 Å². The van der Waals surface area contributed by atoms with Gasteiger partial charge in [-0.05, 0) is 11.1 Å². The molecule has 0 aliphatic heterocycles. The van der Waals surface area contributed by atoms with E-state index in [1.54, 1.807) is 18.2 Å². The Kier molecular flexibility index (Phi) is 3.88. The second kappa shape index (κ2) is 5.19. The highest BCUT2D eigenvalue weighted by Crippen LogP contribution is 2.10. The maximum absolute atomic E-state index is 10.2. The summed E-state index contributed by atoms with van der Waals surface area (Å²) in [5, 5.41) is 17.4. The Bertz CT molecular complexity index is 342. The quantitative estimate of drug-likeness (QED) is 0.762. The van der Waals surface area contributed by atoms with Crippen molar-refractivity contribution in [2.24, 2.45) is 0 Å². The predicted molar refractivity (Wildman–Crippen MR) is 53.7 cm³/mol. The Hall–Kier alpha value is -1.61. The number of benzene rings is 1. The van der Waals surface area contributed by atoms with Crippen LogP contribution in [0.5, 0.6) is 0 Å². The molecule has 3 heteroatoms. The number of aliphatic hydroxyl groups excluding tert-OH is 1. The van der Waals surface area contributed by atoms with Crippen LogP contribution < -0.4 is 0 Å². The molecule has 0 radical (unpaired) electrons. The zero-order valence-electron chi connectivity index (χ0n) is 7.68. The van der Waals surface area contributed by atoms with E-state index in [1.807, 2.05) is 18.2 Å². The maximum Gasteiger partial charge on any atom is 0.307 e. The van der Waals surface area contributed by atoms with Crippen molar-refractivity contribution in [3.05, 3.63) is 41.5 Å². The molecule has 14 heavy (non-hydrogen) atoms. The first kappa shape index (κ1) is 10.5. The molecule has 0 bridgehead atoms. The van der Waals surface area contributed by atoms with Crippen LogP contribution in [0.4, 0.5) is 0 Å². The van der Waals surface area contributed by atoms with Gasteiger partial charge in [0.2, 0.25) is 0 Å². The summed E-state index contributed by atoms with van der Waals surface area (Å²) in [7, 11) is 0. The lowest BCUT2D eigenvalue weighted by molar-refractivity contribution is -0.135. The number of carbonyl (C=O) groups is 1. The van der Waals surface area contributed by atoms with Gasteiger partial charge in [0.1, 0.15) is 0 Å². The van der Waals surface area contributed by atoms with Crippen LogP contribution >= 0.6 is 0 Å². The molecule has 0 aromatic heterocycles. The number of hydrogen-bond donors (Lipinski definition) is 2. The maximum atomic E-state index is 10.2. The second-order valence-corrected chi connectivity index (χ2v) is 2.86. The molecule has 0 fully saturated rings. The van der Waals surface area contributed by atoms with E-state index in [9.17, 15) is 4.79 Å². The van der Waals surface area contributed by atoms with Crippen LogP contribution in [-0.4, -0.2) is 16.2 Å². The van der Waals surface area contributed by atoms with Crippen molar-refractivity contribution < 1.29 is 15.0 Å². The summed E-state index contributed by atoms with van der Waals surface area (Å²) in [6.45, 7) is -0.0341. The smallest absolute Gasteiger partial charge is 0.307 e. The lowest BCUT2D eigenvalue weighted by Gasteiger charge is -2.00. The molecule has 1 rings (SSSR count). The first-order valence-corrected chi connectivity index (χ1v) is 4.31. The highest BCUT2D eigenvalue weighted by molar-refractivity contribution is 5.70. The lowest BCUT2D eigenvalue weighted by Crippen LogP contribution is -1.91. The number of rotatable bonds is 4. The average Bonchev–Trinajstić information content (AvgIpc) is 2.18. The molecule has 0 spiro atoms. The second-order valence-electron chi connectivity index (χ2n) is 2.86. The predicted octanol–water partition coefficient (Wildman–Crippen LogP) is 1.67. The molecule has 1 aromatic carbocycles. The standard InChI is InChI=1S/C11H12O3/c12-8-10-5-2-1-4-9(10)6-3-7-11(13)14/h1-6,12H,7-8H2,(H,13,14)/b6-3+. The normalized spacial score (nSPS) is 10.6. The van der Waals surface area contributed by atoms with Crippen LogP contribution in [0.15, 0.2) is 30.3 Å². The number of hydrogen-bond acceptors (Lipinski definition) is 2. The molecule has 0 saturated heterocycles. The third-order valence-corrected chi connectivity index (χ3v) is 1.82. The zero-order chi connectivity index (χ0) is 10.4. The number of carboxylic acids is 1. The van der Waals surface area contributed by atoms with Crippen molar-refractivity contribution in [1.82, 2.24) is 0 Å². The van der Waals surface area contributed by atoms with Gasteiger partial charge < -0.3 is 10.2 Å². The molecular formula is C11H12O3. The van der Waals surface area contributed by atoms with Crippen molar-refractivity contribution in [3.63, 3.8) is 0 Å². The largest absolute Gasteiger partial charge is 0.481 e. The van der Waals surface area contributed by atoms with E-state index < -0.39 is 5.97 Å². The first-order valence-electron chi connectivity index (χ1n) is 4.31. The van der Waals surface area contributed by atoms with Crippen LogP contribution in [0.3, 0.4) is 0 Å². The van der Waals surface area contributed by atoms with E-state index in [1.165, 1.54) is 0 Å². The van der Waals surface area contributed by atoms with Crippen LogP contribution in [0.1, 0.15) is 17.5 Å². The minimum atomic E-state index is -0.859. The Morgan fingerprint density at radius 2 is 2.07 bits per heavy atom. The Morgan fingerprint density at radius 1 is 1.36 bits per heavy atom. The summed E-state index contributed by atoms with van der Waals surface area (Å²) in [6.07, 6.45) is 3.27. The van der Waals surface area contributed by atoms with Gasteiger partial charge in [0.15, 0.2) is 0 Å². The van der Waals surface area contributed by atoms with Crippen LogP contribution in [0.25, 0.3) is 6.08 Å². The molecule has 0 aliphatic rings. The molecule has 3 nitrogen and oxygen atoms in total. The molecule has 74 valence electrons.